The second-order valence-corrected chi connectivity index (χ2v) is 5.65. The Labute approximate surface area is 122 Å². The van der Waals surface area contributed by atoms with Crippen molar-refractivity contribution in [2.45, 2.75) is 33.2 Å². The molecular weight excluding hydrogens is 270 g/mol. The van der Waals surface area contributed by atoms with E-state index in [1.807, 2.05) is 32.9 Å². The number of carbonyl (C=O) groups is 2. The maximum absolute atomic E-state index is 12.1. The largest absolute Gasteiger partial charge is 0.480 e. The molecule has 0 saturated heterocycles. The van der Waals surface area contributed by atoms with E-state index in [0.717, 1.165) is 10.9 Å². The summed E-state index contributed by atoms with van der Waals surface area (Å²) < 4.78 is 5.47. The molecule has 112 valence electrons. The average molecular weight is 289 g/mol. The third-order valence-electron chi connectivity index (χ3n) is 3.21. The zero-order valence-corrected chi connectivity index (χ0v) is 12.3. The molecular formula is C16H19NO4. The number of aryl methyl sites for hydroxylation is 1. The molecule has 2 rings (SSSR count). The first-order chi connectivity index (χ1) is 9.86. The quantitative estimate of drug-likeness (QED) is 0.886. The third-order valence-corrected chi connectivity index (χ3v) is 3.21. The molecule has 1 heterocycles. The Morgan fingerprint density at radius 1 is 1.29 bits per heavy atom. The number of aliphatic carboxylic acids is 1. The van der Waals surface area contributed by atoms with Crippen LogP contribution >= 0.6 is 0 Å². The standard InChI is InChI=1S/C16H19NO4/c1-9(2)6-12(16(19)20)17-15(18)14-8-11-7-10(3)4-5-13(11)21-14/h4-5,7-9,12H,6H2,1-3H3,(H,17,18)(H,19,20). The molecule has 0 spiro atoms. The summed E-state index contributed by atoms with van der Waals surface area (Å²) in [4.78, 5) is 23.3. The molecule has 0 aliphatic heterocycles. The second kappa shape index (κ2) is 5.99. The molecule has 0 radical (unpaired) electrons. The SMILES string of the molecule is Cc1ccc2oc(C(=O)NC(CC(C)C)C(=O)O)cc2c1. The van der Waals surface area contributed by atoms with Crippen molar-refractivity contribution in [1.82, 2.24) is 5.32 Å². The highest BCUT2D eigenvalue weighted by atomic mass is 16.4. The van der Waals surface area contributed by atoms with Gasteiger partial charge in [-0.25, -0.2) is 4.79 Å². The van der Waals surface area contributed by atoms with Crippen molar-refractivity contribution in [1.29, 1.82) is 0 Å². The molecule has 2 N–H and O–H groups in total. The predicted molar refractivity (Wildman–Crippen MR) is 79.3 cm³/mol. The van der Waals surface area contributed by atoms with Crippen LogP contribution in [-0.4, -0.2) is 23.0 Å². The van der Waals surface area contributed by atoms with Gasteiger partial charge >= 0.3 is 5.97 Å². The van der Waals surface area contributed by atoms with E-state index in [1.54, 1.807) is 12.1 Å². The molecule has 0 aliphatic carbocycles. The van der Waals surface area contributed by atoms with E-state index in [9.17, 15) is 9.59 Å². The first-order valence-corrected chi connectivity index (χ1v) is 6.90. The molecule has 0 fully saturated rings. The lowest BCUT2D eigenvalue weighted by Crippen LogP contribution is -2.41. The number of hydrogen-bond donors (Lipinski definition) is 2. The molecule has 0 saturated carbocycles. The zero-order valence-electron chi connectivity index (χ0n) is 12.3. The van der Waals surface area contributed by atoms with E-state index >= 15 is 0 Å². The van der Waals surface area contributed by atoms with Crippen LogP contribution in [0.25, 0.3) is 11.0 Å². The number of rotatable bonds is 5. The maximum Gasteiger partial charge on any atom is 0.326 e. The minimum Gasteiger partial charge on any atom is -0.480 e. The normalized spacial score (nSPS) is 12.6. The molecule has 1 unspecified atom stereocenters. The first-order valence-electron chi connectivity index (χ1n) is 6.90. The molecule has 1 aromatic carbocycles. The Balaban J connectivity index is 2.19. The van der Waals surface area contributed by atoms with Crippen LogP contribution in [-0.2, 0) is 4.79 Å². The Kier molecular flexibility index (Phi) is 4.31. The summed E-state index contributed by atoms with van der Waals surface area (Å²) in [6.45, 7) is 5.77. The summed E-state index contributed by atoms with van der Waals surface area (Å²) in [6.07, 6.45) is 0.375. The molecule has 1 aromatic heterocycles. The van der Waals surface area contributed by atoms with Gasteiger partial charge in [0.15, 0.2) is 5.76 Å². The summed E-state index contributed by atoms with van der Waals surface area (Å²) in [5, 5.41) is 12.5. The van der Waals surface area contributed by atoms with Gasteiger partial charge in [0.05, 0.1) is 0 Å². The molecule has 0 bridgehead atoms. The third kappa shape index (κ3) is 3.62. The fraction of sp³-hybridized carbons (Fsp3) is 0.375. The van der Waals surface area contributed by atoms with E-state index in [-0.39, 0.29) is 11.7 Å². The van der Waals surface area contributed by atoms with Crippen molar-refractivity contribution in [3.63, 3.8) is 0 Å². The number of nitrogens with one attached hydrogen (secondary N) is 1. The lowest BCUT2D eigenvalue weighted by molar-refractivity contribution is -0.139. The molecule has 0 aliphatic rings. The number of benzene rings is 1. The molecule has 2 aromatic rings. The highest BCUT2D eigenvalue weighted by Gasteiger charge is 2.23. The van der Waals surface area contributed by atoms with Crippen molar-refractivity contribution >= 4 is 22.8 Å². The number of carbonyl (C=O) groups excluding carboxylic acids is 1. The topological polar surface area (TPSA) is 79.5 Å². The number of furan rings is 1. The van der Waals surface area contributed by atoms with Gasteiger partial charge in [-0.15, -0.1) is 0 Å². The Bertz CT molecular complexity index is 672. The van der Waals surface area contributed by atoms with Crippen LogP contribution in [0.2, 0.25) is 0 Å². The van der Waals surface area contributed by atoms with Gasteiger partial charge in [-0.3, -0.25) is 4.79 Å². The first kappa shape index (κ1) is 15.1. The van der Waals surface area contributed by atoms with Gasteiger partial charge in [0.2, 0.25) is 0 Å². The van der Waals surface area contributed by atoms with E-state index < -0.39 is 17.9 Å². The monoisotopic (exact) mass is 289 g/mol. The smallest absolute Gasteiger partial charge is 0.326 e. The number of hydrogen-bond acceptors (Lipinski definition) is 3. The van der Waals surface area contributed by atoms with Crippen molar-refractivity contribution in [3.05, 3.63) is 35.6 Å². The highest BCUT2D eigenvalue weighted by Crippen LogP contribution is 2.20. The molecule has 5 heteroatoms. The van der Waals surface area contributed by atoms with E-state index in [2.05, 4.69) is 5.32 Å². The van der Waals surface area contributed by atoms with Gasteiger partial charge in [0.1, 0.15) is 11.6 Å². The van der Waals surface area contributed by atoms with Crippen molar-refractivity contribution in [2.75, 3.05) is 0 Å². The van der Waals surface area contributed by atoms with Crippen molar-refractivity contribution < 1.29 is 19.1 Å². The summed E-state index contributed by atoms with van der Waals surface area (Å²) in [6, 6.07) is 6.33. The number of fused-ring (bicyclic) bond motifs is 1. The van der Waals surface area contributed by atoms with Crippen LogP contribution in [0, 0.1) is 12.8 Å². The predicted octanol–water partition coefficient (Wildman–Crippen LogP) is 2.97. The number of carboxylic acid groups (broad SMARTS) is 1. The molecule has 1 atom stereocenters. The lowest BCUT2D eigenvalue weighted by Gasteiger charge is -2.15. The Morgan fingerprint density at radius 2 is 2.00 bits per heavy atom. The second-order valence-electron chi connectivity index (χ2n) is 5.65. The highest BCUT2D eigenvalue weighted by molar-refractivity contribution is 5.98. The van der Waals surface area contributed by atoms with Crippen LogP contribution < -0.4 is 5.32 Å². The fourth-order valence-corrected chi connectivity index (χ4v) is 2.20. The van der Waals surface area contributed by atoms with Gasteiger partial charge in [-0.2, -0.15) is 0 Å². The average Bonchev–Trinajstić information content (AvgIpc) is 2.80. The van der Waals surface area contributed by atoms with Crippen LogP contribution in [0.1, 0.15) is 36.4 Å². The van der Waals surface area contributed by atoms with Crippen LogP contribution in [0.4, 0.5) is 0 Å². The van der Waals surface area contributed by atoms with Gasteiger partial charge in [0, 0.05) is 5.39 Å². The fourth-order valence-electron chi connectivity index (χ4n) is 2.20. The summed E-state index contributed by atoms with van der Waals surface area (Å²) in [5.41, 5.74) is 1.68. The van der Waals surface area contributed by atoms with Gasteiger partial charge < -0.3 is 14.8 Å². The van der Waals surface area contributed by atoms with Gasteiger partial charge in [-0.05, 0) is 37.5 Å². The molecule has 1 amide bonds. The van der Waals surface area contributed by atoms with E-state index in [0.29, 0.717) is 12.0 Å². The maximum atomic E-state index is 12.1. The van der Waals surface area contributed by atoms with Gasteiger partial charge in [-0.1, -0.05) is 25.5 Å². The van der Waals surface area contributed by atoms with Crippen molar-refractivity contribution in [2.24, 2.45) is 5.92 Å². The van der Waals surface area contributed by atoms with E-state index in [1.165, 1.54) is 0 Å². The Morgan fingerprint density at radius 3 is 2.62 bits per heavy atom. The Hall–Kier alpha value is -2.30. The minimum absolute atomic E-state index is 0.130. The van der Waals surface area contributed by atoms with Crippen molar-refractivity contribution in [3.8, 4) is 0 Å². The summed E-state index contributed by atoms with van der Waals surface area (Å²) in [5.74, 6) is -1.24. The van der Waals surface area contributed by atoms with Crippen LogP contribution in [0.5, 0.6) is 0 Å². The lowest BCUT2D eigenvalue weighted by atomic mass is 10.0. The molecule has 5 nitrogen and oxygen atoms in total. The number of amides is 1. The van der Waals surface area contributed by atoms with Crippen LogP contribution in [0.15, 0.2) is 28.7 Å². The summed E-state index contributed by atoms with van der Waals surface area (Å²) >= 11 is 0. The van der Waals surface area contributed by atoms with Crippen LogP contribution in [0.3, 0.4) is 0 Å². The number of carboxylic acids is 1. The van der Waals surface area contributed by atoms with Gasteiger partial charge in [0.25, 0.3) is 5.91 Å². The zero-order chi connectivity index (χ0) is 15.6. The molecule has 21 heavy (non-hydrogen) atoms. The van der Waals surface area contributed by atoms with E-state index in [4.69, 9.17) is 9.52 Å². The summed E-state index contributed by atoms with van der Waals surface area (Å²) in [7, 11) is 0. The minimum atomic E-state index is -1.04.